The Morgan fingerprint density at radius 3 is 1.97 bits per heavy atom. The highest BCUT2D eigenvalue weighted by Gasteiger charge is 2.24. The number of amides is 1. The molecule has 0 radical (unpaired) electrons. The van der Waals surface area contributed by atoms with Gasteiger partial charge in [0.15, 0.2) is 0 Å². The molecule has 2 atom stereocenters. The van der Waals surface area contributed by atoms with Gasteiger partial charge in [-0.15, -0.1) is 0 Å². The highest BCUT2D eigenvalue weighted by Crippen LogP contribution is 2.21. The van der Waals surface area contributed by atoms with Crippen LogP contribution in [0.15, 0.2) is 84.9 Å². The Balaban J connectivity index is 1.60. The van der Waals surface area contributed by atoms with Gasteiger partial charge in [0, 0.05) is 5.75 Å². The predicted octanol–water partition coefficient (Wildman–Crippen LogP) is 4.64. The van der Waals surface area contributed by atoms with Crippen LogP contribution in [-0.4, -0.2) is 28.8 Å². The molecule has 4 nitrogen and oxygen atoms in total. The number of aryl methyl sites for hydroxylation is 1. The Kier molecular flexibility index (Phi) is 8.30. The maximum Gasteiger partial charge on any atom is 0.326 e. The number of rotatable bonds is 10. The molecule has 2 unspecified atom stereocenters. The van der Waals surface area contributed by atoms with Gasteiger partial charge in [0.25, 0.3) is 0 Å². The van der Waals surface area contributed by atoms with Crippen molar-refractivity contribution in [2.45, 2.75) is 25.3 Å². The summed E-state index contributed by atoms with van der Waals surface area (Å²) >= 11 is 4.34. The number of aliphatic carboxylic acids is 1. The van der Waals surface area contributed by atoms with E-state index in [2.05, 4.69) is 30.1 Å². The van der Waals surface area contributed by atoms with Crippen LogP contribution in [0.25, 0.3) is 11.1 Å². The van der Waals surface area contributed by atoms with Crippen LogP contribution in [0.4, 0.5) is 0 Å². The Morgan fingerprint density at radius 1 is 0.806 bits per heavy atom. The van der Waals surface area contributed by atoms with E-state index in [1.165, 1.54) is 0 Å². The third-order valence-corrected chi connectivity index (χ3v) is 5.75. The summed E-state index contributed by atoms with van der Waals surface area (Å²) in [5.41, 5.74) is 4.32. The van der Waals surface area contributed by atoms with Gasteiger partial charge in [-0.25, -0.2) is 4.79 Å². The van der Waals surface area contributed by atoms with Crippen molar-refractivity contribution < 1.29 is 14.7 Å². The van der Waals surface area contributed by atoms with Crippen molar-refractivity contribution in [2.75, 3.05) is 5.75 Å². The van der Waals surface area contributed by atoms with Gasteiger partial charge in [-0.2, -0.15) is 12.6 Å². The SMILES string of the molecule is O=C(NC(CCc1ccccc1)C(=O)O)C(CS)Cc1ccc(-c2ccccc2)cc1. The Hall–Kier alpha value is -3.05. The Bertz CT molecular complexity index is 975. The average Bonchev–Trinajstić information content (AvgIpc) is 2.81. The molecule has 0 aromatic heterocycles. The number of hydrogen-bond donors (Lipinski definition) is 3. The van der Waals surface area contributed by atoms with E-state index in [0.29, 0.717) is 25.0 Å². The molecule has 5 heteroatoms. The molecule has 3 aromatic rings. The Morgan fingerprint density at radius 2 is 1.39 bits per heavy atom. The summed E-state index contributed by atoms with van der Waals surface area (Å²) in [7, 11) is 0. The molecular weight excluding hydrogens is 406 g/mol. The van der Waals surface area contributed by atoms with E-state index in [9.17, 15) is 14.7 Å². The van der Waals surface area contributed by atoms with Crippen molar-refractivity contribution >= 4 is 24.5 Å². The molecule has 0 fully saturated rings. The lowest BCUT2D eigenvalue weighted by atomic mass is 9.97. The molecule has 0 aliphatic heterocycles. The lowest BCUT2D eigenvalue weighted by Gasteiger charge is -2.19. The zero-order valence-electron chi connectivity index (χ0n) is 17.3. The van der Waals surface area contributed by atoms with E-state index in [1.807, 2.05) is 72.8 Å². The summed E-state index contributed by atoms with van der Waals surface area (Å²) in [5.74, 6) is -1.35. The van der Waals surface area contributed by atoms with Crippen molar-refractivity contribution in [2.24, 2.45) is 5.92 Å². The number of carbonyl (C=O) groups excluding carboxylic acids is 1. The number of nitrogens with one attached hydrogen (secondary N) is 1. The second-order valence-electron chi connectivity index (χ2n) is 7.57. The van der Waals surface area contributed by atoms with Crippen molar-refractivity contribution in [1.29, 1.82) is 0 Å². The molecular formula is C26H27NO3S. The minimum absolute atomic E-state index is 0.275. The summed E-state index contributed by atoms with van der Waals surface area (Å²) in [6, 6.07) is 26.9. The molecule has 0 heterocycles. The fraction of sp³-hybridized carbons (Fsp3) is 0.231. The maximum atomic E-state index is 12.8. The van der Waals surface area contributed by atoms with Crippen LogP contribution in [0.2, 0.25) is 0 Å². The van der Waals surface area contributed by atoms with E-state index in [4.69, 9.17) is 0 Å². The van der Waals surface area contributed by atoms with Gasteiger partial charge < -0.3 is 10.4 Å². The Labute approximate surface area is 188 Å². The maximum absolute atomic E-state index is 12.8. The van der Waals surface area contributed by atoms with Gasteiger partial charge in [-0.1, -0.05) is 84.9 Å². The highest BCUT2D eigenvalue weighted by atomic mass is 32.1. The lowest BCUT2D eigenvalue weighted by Crippen LogP contribution is -2.44. The van der Waals surface area contributed by atoms with Crippen LogP contribution in [0.1, 0.15) is 17.5 Å². The fourth-order valence-electron chi connectivity index (χ4n) is 3.49. The van der Waals surface area contributed by atoms with Crippen molar-refractivity contribution in [3.8, 4) is 11.1 Å². The number of thiol groups is 1. The van der Waals surface area contributed by atoms with Crippen LogP contribution in [-0.2, 0) is 22.4 Å². The molecule has 3 rings (SSSR count). The first-order valence-corrected chi connectivity index (χ1v) is 11.0. The summed E-state index contributed by atoms with van der Waals surface area (Å²) < 4.78 is 0. The molecule has 31 heavy (non-hydrogen) atoms. The topological polar surface area (TPSA) is 66.4 Å². The van der Waals surface area contributed by atoms with Gasteiger partial charge in [0.05, 0.1) is 5.92 Å². The number of carboxylic acid groups (broad SMARTS) is 1. The summed E-state index contributed by atoms with van der Waals surface area (Å²) in [6.45, 7) is 0. The average molecular weight is 434 g/mol. The van der Waals surface area contributed by atoms with E-state index in [0.717, 1.165) is 22.3 Å². The number of carbonyl (C=O) groups is 2. The normalized spacial score (nSPS) is 12.7. The van der Waals surface area contributed by atoms with E-state index in [1.54, 1.807) is 0 Å². The number of benzene rings is 3. The minimum Gasteiger partial charge on any atom is -0.480 e. The van der Waals surface area contributed by atoms with Gasteiger partial charge in [0.2, 0.25) is 5.91 Å². The summed E-state index contributed by atoms with van der Waals surface area (Å²) in [6.07, 6.45) is 1.44. The fourth-order valence-corrected chi connectivity index (χ4v) is 3.79. The first-order valence-electron chi connectivity index (χ1n) is 10.4. The van der Waals surface area contributed by atoms with Crippen molar-refractivity contribution in [3.63, 3.8) is 0 Å². The molecule has 0 spiro atoms. The molecule has 0 saturated carbocycles. The standard InChI is InChI=1S/C26H27NO3S/c28-25(27-24(26(29)30)16-13-19-7-3-1-4-8-19)23(18-31)17-20-11-14-22(15-12-20)21-9-5-2-6-10-21/h1-12,14-15,23-24,31H,13,16-18H2,(H,27,28)(H,29,30). The first kappa shape index (κ1) is 22.6. The lowest BCUT2D eigenvalue weighted by molar-refractivity contribution is -0.142. The summed E-state index contributed by atoms with van der Waals surface area (Å²) in [5, 5.41) is 12.3. The number of carboxylic acids is 1. The molecule has 3 aromatic carbocycles. The molecule has 0 aliphatic rings. The van der Waals surface area contributed by atoms with Gasteiger partial charge >= 0.3 is 5.97 Å². The second kappa shape index (κ2) is 11.4. The van der Waals surface area contributed by atoms with Gasteiger partial charge in [0.1, 0.15) is 6.04 Å². The smallest absolute Gasteiger partial charge is 0.326 e. The van der Waals surface area contributed by atoms with Crippen LogP contribution in [0.3, 0.4) is 0 Å². The largest absolute Gasteiger partial charge is 0.480 e. The zero-order valence-corrected chi connectivity index (χ0v) is 18.2. The van der Waals surface area contributed by atoms with Crippen molar-refractivity contribution in [3.05, 3.63) is 96.1 Å². The molecule has 1 amide bonds. The van der Waals surface area contributed by atoms with Crippen LogP contribution in [0.5, 0.6) is 0 Å². The predicted molar refractivity (Wildman–Crippen MR) is 127 cm³/mol. The molecule has 160 valence electrons. The molecule has 0 aliphatic carbocycles. The molecule has 0 bridgehead atoms. The minimum atomic E-state index is -1.02. The zero-order chi connectivity index (χ0) is 22.1. The highest BCUT2D eigenvalue weighted by molar-refractivity contribution is 7.80. The van der Waals surface area contributed by atoms with Crippen LogP contribution < -0.4 is 5.32 Å². The second-order valence-corrected chi connectivity index (χ2v) is 7.94. The van der Waals surface area contributed by atoms with E-state index < -0.39 is 17.9 Å². The third-order valence-electron chi connectivity index (χ3n) is 5.31. The van der Waals surface area contributed by atoms with E-state index >= 15 is 0 Å². The van der Waals surface area contributed by atoms with E-state index in [-0.39, 0.29) is 5.91 Å². The first-order chi connectivity index (χ1) is 15.1. The van der Waals surface area contributed by atoms with Crippen LogP contribution >= 0.6 is 12.6 Å². The van der Waals surface area contributed by atoms with Gasteiger partial charge in [-0.05, 0) is 41.5 Å². The van der Waals surface area contributed by atoms with Gasteiger partial charge in [-0.3, -0.25) is 4.79 Å². The quantitative estimate of drug-likeness (QED) is 0.408. The molecule has 0 saturated heterocycles. The molecule has 2 N–H and O–H groups in total. The monoisotopic (exact) mass is 433 g/mol. The third kappa shape index (κ3) is 6.72. The van der Waals surface area contributed by atoms with Crippen molar-refractivity contribution in [1.82, 2.24) is 5.32 Å². The van der Waals surface area contributed by atoms with Crippen LogP contribution in [0, 0.1) is 5.92 Å². The summed E-state index contributed by atoms with van der Waals surface area (Å²) in [4.78, 5) is 24.4. The number of hydrogen-bond acceptors (Lipinski definition) is 3.